The Bertz CT molecular complexity index is 1610. The lowest BCUT2D eigenvalue weighted by molar-refractivity contribution is -0.128. The maximum atomic E-state index is 13.5. The van der Waals surface area contributed by atoms with Crippen LogP contribution in [0, 0.1) is 6.92 Å². The quantitative estimate of drug-likeness (QED) is 0.0579. The summed E-state index contributed by atoms with van der Waals surface area (Å²) in [4.78, 5) is 48.9. The van der Waals surface area contributed by atoms with Crippen LogP contribution in [0.15, 0.2) is 59.5 Å². The van der Waals surface area contributed by atoms with Gasteiger partial charge >= 0.3 is 0 Å². The molecule has 0 saturated heterocycles. The van der Waals surface area contributed by atoms with Crippen molar-refractivity contribution in [2.75, 3.05) is 51.6 Å². The summed E-state index contributed by atoms with van der Waals surface area (Å²) in [6.07, 6.45) is 0. The summed E-state index contributed by atoms with van der Waals surface area (Å²) < 4.78 is 25.2. The number of aliphatic hydroxyl groups is 1. The fraction of sp³-hybridized carbons (Fsp3) is 0.345. The molecule has 0 aliphatic heterocycles. The van der Waals surface area contributed by atoms with E-state index in [9.17, 15) is 27.6 Å². The van der Waals surface area contributed by atoms with Crippen LogP contribution >= 0.6 is 12.6 Å². The smallest absolute Gasteiger partial charge is 0.239 e. The first kappa shape index (κ1) is 36.3. The fourth-order valence-corrected chi connectivity index (χ4v) is 4.79. The van der Waals surface area contributed by atoms with E-state index in [-0.39, 0.29) is 30.3 Å². The summed E-state index contributed by atoms with van der Waals surface area (Å²) in [6, 6.07) is 14.2. The molecule has 3 amide bonds. The number of aryl methyl sites for hydroxylation is 1. The molecule has 0 saturated carbocycles. The van der Waals surface area contributed by atoms with E-state index >= 15 is 0 Å². The lowest BCUT2D eigenvalue weighted by atomic mass is 10.1. The van der Waals surface area contributed by atoms with Crippen molar-refractivity contribution in [1.29, 1.82) is 0 Å². The van der Waals surface area contributed by atoms with Crippen LogP contribution in [0.4, 0.5) is 0 Å². The van der Waals surface area contributed by atoms with Crippen molar-refractivity contribution in [3.63, 3.8) is 0 Å². The van der Waals surface area contributed by atoms with Gasteiger partial charge in [-0.3, -0.25) is 19.2 Å². The van der Waals surface area contributed by atoms with Gasteiger partial charge in [-0.15, -0.1) is 0 Å². The van der Waals surface area contributed by atoms with Crippen molar-refractivity contribution in [3.05, 3.63) is 65.9 Å². The molecule has 0 aliphatic rings. The zero-order chi connectivity index (χ0) is 33.7. The molecule has 1 unspecified atom stereocenters. The van der Waals surface area contributed by atoms with Crippen molar-refractivity contribution in [1.82, 2.24) is 36.4 Å². The molecule has 3 rings (SSSR count). The molecule has 8 N–H and O–H groups in total. The minimum Gasteiger partial charge on any atom is -0.395 e. The van der Waals surface area contributed by atoms with Gasteiger partial charge in [0.05, 0.1) is 54.0 Å². The van der Waals surface area contributed by atoms with Crippen molar-refractivity contribution >= 4 is 46.2 Å². The first-order valence-electron chi connectivity index (χ1n) is 14.2. The predicted molar refractivity (Wildman–Crippen MR) is 174 cm³/mol. The number of thiol groups is 1. The number of nitrogens with two attached hydrogens (primary N) is 1. The number of amides is 3. The Balaban J connectivity index is 1.85. The van der Waals surface area contributed by atoms with Crippen molar-refractivity contribution in [2.45, 2.75) is 17.9 Å². The number of aliphatic hydroxyl groups excluding tert-OH is 1. The number of carbonyl (C=O) groups excluding carboxylic acids is 4. The van der Waals surface area contributed by atoms with E-state index in [4.69, 9.17) is 15.3 Å². The average Bonchev–Trinajstić information content (AvgIpc) is 3.48. The molecule has 248 valence electrons. The van der Waals surface area contributed by atoms with Gasteiger partial charge in [0.15, 0.2) is 5.78 Å². The summed E-state index contributed by atoms with van der Waals surface area (Å²) in [5, 5.41) is 32.4. The van der Waals surface area contributed by atoms with Crippen LogP contribution in [-0.2, 0) is 29.2 Å². The molecule has 46 heavy (non-hydrogen) atoms. The van der Waals surface area contributed by atoms with E-state index in [2.05, 4.69) is 39.2 Å². The second-order valence-electron chi connectivity index (χ2n) is 10.1. The van der Waals surface area contributed by atoms with E-state index in [1.807, 2.05) is 31.2 Å². The Hall–Kier alpha value is -4.13. The topological polar surface area (TPSA) is 227 Å². The number of rotatable bonds is 18. The van der Waals surface area contributed by atoms with Crippen LogP contribution in [0.25, 0.3) is 16.9 Å². The van der Waals surface area contributed by atoms with E-state index in [1.54, 1.807) is 22.9 Å². The Morgan fingerprint density at radius 1 is 0.891 bits per heavy atom. The van der Waals surface area contributed by atoms with E-state index in [0.29, 0.717) is 36.7 Å². The lowest BCUT2D eigenvalue weighted by Gasteiger charge is -2.17. The predicted octanol–water partition coefficient (Wildman–Crippen LogP) is -1.44. The zero-order valence-corrected chi connectivity index (χ0v) is 26.9. The van der Waals surface area contributed by atoms with Crippen molar-refractivity contribution in [3.8, 4) is 16.9 Å². The van der Waals surface area contributed by atoms with Gasteiger partial charge in [-0.2, -0.15) is 17.7 Å². The number of aromatic nitrogens is 2. The molecule has 0 fully saturated rings. The number of Topliss-reactive ketones (excluding diaryl/α,β-unsaturated/α-hetero) is 1. The highest BCUT2D eigenvalue weighted by Gasteiger charge is 2.26. The normalized spacial score (nSPS) is 11.9. The molecule has 0 spiro atoms. The molecule has 2 aromatic carbocycles. The summed E-state index contributed by atoms with van der Waals surface area (Å²) in [5.41, 5.74) is 3.28. The monoisotopic (exact) mass is 674 g/mol. The average molecular weight is 675 g/mol. The number of benzene rings is 2. The van der Waals surface area contributed by atoms with Gasteiger partial charge in [0, 0.05) is 25.2 Å². The van der Waals surface area contributed by atoms with Gasteiger partial charge in [-0.05, 0) is 37.3 Å². The largest absolute Gasteiger partial charge is 0.395 e. The van der Waals surface area contributed by atoms with Gasteiger partial charge in [0.25, 0.3) is 0 Å². The number of primary sulfonamides is 1. The number of nitrogens with one attached hydrogen (secondary N) is 5. The van der Waals surface area contributed by atoms with Crippen LogP contribution in [0.2, 0.25) is 0 Å². The molecule has 3 aromatic rings. The van der Waals surface area contributed by atoms with E-state index in [1.165, 1.54) is 12.1 Å². The lowest BCUT2D eigenvalue weighted by Crippen LogP contribution is -2.44. The number of hydrogen-bond acceptors (Lipinski definition) is 11. The van der Waals surface area contributed by atoms with E-state index in [0.717, 1.165) is 11.1 Å². The van der Waals surface area contributed by atoms with Crippen molar-refractivity contribution < 1.29 is 32.7 Å². The van der Waals surface area contributed by atoms with Crippen LogP contribution in [0.5, 0.6) is 0 Å². The number of nitrogens with zero attached hydrogens (tertiary/aromatic N) is 2. The number of hydrogen-bond donors (Lipinski definition) is 8. The standard InChI is InChI=1S/C29H38N8O7S2/c1-19-2-4-20(5-3-19)24-14-23(36-37(24)21-6-8-22(9-7-21)46(30,43)44)29(32-11-10-31-12-13-38)25(39)15-33-26(40)16-34-27(41)17-35-28(42)18-45/h2-9,14,29,31-32,38,45H,10-13,15-18H2,1H3,(H,33,40)(H,34,41)(H,35,42)(H2,30,43,44). The van der Waals surface area contributed by atoms with E-state index < -0.39 is 46.1 Å². The highest BCUT2D eigenvalue weighted by molar-refractivity contribution is 7.89. The Morgan fingerprint density at radius 3 is 2.09 bits per heavy atom. The molecule has 17 heteroatoms. The molecule has 1 aromatic heterocycles. The van der Waals surface area contributed by atoms with Crippen LogP contribution in [0.3, 0.4) is 0 Å². The minimum atomic E-state index is -3.92. The molecular formula is C29H38N8O7S2. The summed E-state index contributed by atoms with van der Waals surface area (Å²) in [7, 11) is -3.92. The third-order valence-corrected chi connectivity index (χ3v) is 7.75. The van der Waals surface area contributed by atoms with Crippen LogP contribution < -0.4 is 31.7 Å². The third kappa shape index (κ3) is 11.0. The second-order valence-corrected chi connectivity index (χ2v) is 12.0. The summed E-state index contributed by atoms with van der Waals surface area (Å²) in [5.74, 6) is -2.15. The van der Waals surface area contributed by atoms with Crippen LogP contribution in [0.1, 0.15) is 17.3 Å². The van der Waals surface area contributed by atoms with Gasteiger partial charge in [0.2, 0.25) is 27.7 Å². The molecule has 1 heterocycles. The van der Waals surface area contributed by atoms with Crippen LogP contribution in [-0.4, -0.2) is 98.4 Å². The highest BCUT2D eigenvalue weighted by Crippen LogP contribution is 2.28. The Kier molecular flexibility index (Phi) is 13.9. The molecule has 1 atom stereocenters. The molecule has 0 aliphatic carbocycles. The SMILES string of the molecule is Cc1ccc(-c2cc(C(NCCNCCO)C(=O)CNC(=O)CNC(=O)CNC(=O)CS)nn2-c2ccc(S(N)(=O)=O)cc2)cc1. The van der Waals surface area contributed by atoms with Gasteiger partial charge in [-0.25, -0.2) is 18.2 Å². The first-order valence-corrected chi connectivity index (χ1v) is 16.4. The number of sulfonamides is 1. The van der Waals surface area contributed by atoms with Gasteiger partial charge < -0.3 is 31.7 Å². The zero-order valence-electron chi connectivity index (χ0n) is 25.2. The van der Waals surface area contributed by atoms with Gasteiger partial charge in [0.1, 0.15) is 6.04 Å². The maximum absolute atomic E-state index is 13.5. The summed E-state index contributed by atoms with van der Waals surface area (Å²) >= 11 is 3.80. The maximum Gasteiger partial charge on any atom is 0.239 e. The van der Waals surface area contributed by atoms with Crippen molar-refractivity contribution in [2.24, 2.45) is 5.14 Å². The number of carbonyl (C=O) groups is 4. The third-order valence-electron chi connectivity index (χ3n) is 6.54. The number of ketones is 1. The van der Waals surface area contributed by atoms with Gasteiger partial charge in [-0.1, -0.05) is 29.8 Å². The fourth-order valence-electron chi connectivity index (χ4n) is 4.16. The highest BCUT2D eigenvalue weighted by atomic mass is 32.2. The molecule has 15 nitrogen and oxygen atoms in total. The summed E-state index contributed by atoms with van der Waals surface area (Å²) in [6.45, 7) is 1.88. The molecular weight excluding hydrogens is 637 g/mol. The minimum absolute atomic E-state index is 0.0545. The second kappa shape index (κ2) is 17.5. The Labute approximate surface area is 272 Å². The first-order chi connectivity index (χ1) is 21.9. The molecule has 0 radical (unpaired) electrons. The Morgan fingerprint density at radius 2 is 1.50 bits per heavy atom. The molecule has 0 bridgehead atoms.